The molecular formula is C14H19BrO3. The van der Waals surface area contributed by atoms with Crippen LogP contribution in [0.4, 0.5) is 0 Å². The number of hydrogen-bond acceptors (Lipinski definition) is 3. The van der Waals surface area contributed by atoms with Gasteiger partial charge in [-0.2, -0.15) is 0 Å². The summed E-state index contributed by atoms with van der Waals surface area (Å²) < 4.78 is 11.6. The van der Waals surface area contributed by atoms with E-state index in [1.165, 1.54) is 5.56 Å². The van der Waals surface area contributed by atoms with Crippen molar-refractivity contribution < 1.29 is 14.6 Å². The van der Waals surface area contributed by atoms with E-state index in [4.69, 9.17) is 9.47 Å². The maximum atomic E-state index is 9.57. The summed E-state index contributed by atoms with van der Waals surface area (Å²) in [6, 6.07) is 6.12. The Morgan fingerprint density at radius 1 is 1.50 bits per heavy atom. The van der Waals surface area contributed by atoms with Gasteiger partial charge in [-0.25, -0.2) is 0 Å². The quantitative estimate of drug-likeness (QED) is 0.908. The first-order valence-electron chi connectivity index (χ1n) is 6.20. The van der Waals surface area contributed by atoms with Crippen molar-refractivity contribution in [2.24, 2.45) is 5.92 Å². The van der Waals surface area contributed by atoms with Crippen LogP contribution in [0.1, 0.15) is 18.9 Å². The zero-order chi connectivity index (χ0) is 13.2. The lowest BCUT2D eigenvalue weighted by Crippen LogP contribution is -2.53. The Morgan fingerprint density at radius 3 is 2.61 bits per heavy atom. The molecule has 1 aromatic carbocycles. The minimum absolute atomic E-state index is 0.0434. The van der Waals surface area contributed by atoms with Gasteiger partial charge >= 0.3 is 0 Å². The van der Waals surface area contributed by atoms with Gasteiger partial charge in [0, 0.05) is 12.0 Å². The third kappa shape index (κ3) is 2.17. The second kappa shape index (κ2) is 5.59. The molecule has 3 nitrogen and oxygen atoms in total. The lowest BCUT2D eigenvalue weighted by Gasteiger charge is -2.47. The lowest BCUT2D eigenvalue weighted by atomic mass is 9.68. The number of ether oxygens (including phenoxy) is 2. The number of hydrogen-bond donors (Lipinski definition) is 1. The van der Waals surface area contributed by atoms with Crippen molar-refractivity contribution in [3.05, 3.63) is 28.2 Å². The number of aliphatic hydroxyl groups is 1. The SMILES string of the molecule is CCC(CO)C1(c2ccc(OC)c(Br)c2)COC1. The predicted molar refractivity (Wildman–Crippen MR) is 74.1 cm³/mol. The van der Waals surface area contributed by atoms with Crippen molar-refractivity contribution >= 4 is 15.9 Å². The first-order valence-corrected chi connectivity index (χ1v) is 7.00. The third-order valence-electron chi connectivity index (χ3n) is 3.94. The standard InChI is InChI=1S/C14H19BrO3/c1-3-10(7-16)14(8-18-9-14)11-4-5-13(17-2)12(15)6-11/h4-6,10,16H,3,7-9H2,1-2H3. The number of methoxy groups -OCH3 is 1. The van der Waals surface area contributed by atoms with Gasteiger partial charge in [-0.3, -0.25) is 0 Å². The second-order valence-electron chi connectivity index (χ2n) is 4.79. The molecule has 1 fully saturated rings. The summed E-state index contributed by atoms with van der Waals surface area (Å²) in [5.41, 5.74) is 1.17. The first-order chi connectivity index (χ1) is 8.67. The fourth-order valence-corrected chi connectivity index (χ4v) is 3.17. The van der Waals surface area contributed by atoms with Gasteiger partial charge in [0.25, 0.3) is 0 Å². The molecule has 4 heteroatoms. The molecule has 0 aliphatic carbocycles. The van der Waals surface area contributed by atoms with Crippen molar-refractivity contribution in [3.63, 3.8) is 0 Å². The van der Waals surface area contributed by atoms with Gasteiger partial charge in [0.05, 0.1) is 24.8 Å². The van der Waals surface area contributed by atoms with Crippen LogP contribution >= 0.6 is 15.9 Å². The van der Waals surface area contributed by atoms with Gasteiger partial charge in [0.15, 0.2) is 0 Å². The summed E-state index contributed by atoms with van der Waals surface area (Å²) in [4.78, 5) is 0. The fraction of sp³-hybridized carbons (Fsp3) is 0.571. The minimum Gasteiger partial charge on any atom is -0.496 e. The largest absolute Gasteiger partial charge is 0.496 e. The molecule has 0 amide bonds. The first kappa shape index (κ1) is 13.8. The van der Waals surface area contributed by atoms with Gasteiger partial charge in [-0.15, -0.1) is 0 Å². The predicted octanol–water partition coefficient (Wildman–Crippen LogP) is 2.74. The molecule has 1 aliphatic heterocycles. The van der Waals surface area contributed by atoms with Crippen LogP contribution in [-0.4, -0.2) is 32.0 Å². The van der Waals surface area contributed by atoms with Crippen molar-refractivity contribution in [3.8, 4) is 5.75 Å². The summed E-state index contributed by atoms with van der Waals surface area (Å²) in [7, 11) is 1.66. The third-order valence-corrected chi connectivity index (χ3v) is 4.56. The van der Waals surface area contributed by atoms with E-state index >= 15 is 0 Å². The summed E-state index contributed by atoms with van der Waals surface area (Å²) in [6.07, 6.45) is 0.948. The Hall–Kier alpha value is -0.580. The van der Waals surface area contributed by atoms with E-state index in [1.807, 2.05) is 6.07 Å². The van der Waals surface area contributed by atoms with E-state index in [0.717, 1.165) is 16.6 Å². The topological polar surface area (TPSA) is 38.7 Å². The zero-order valence-corrected chi connectivity index (χ0v) is 12.4. The molecule has 100 valence electrons. The summed E-state index contributed by atoms with van der Waals surface area (Å²) in [6.45, 7) is 3.68. The molecule has 0 aromatic heterocycles. The normalized spacial score (nSPS) is 19.1. The average molecular weight is 315 g/mol. The van der Waals surface area contributed by atoms with E-state index < -0.39 is 0 Å². The van der Waals surface area contributed by atoms with Crippen LogP contribution in [0.5, 0.6) is 5.75 Å². The highest BCUT2D eigenvalue weighted by Gasteiger charge is 2.46. The summed E-state index contributed by atoms with van der Waals surface area (Å²) in [5, 5.41) is 9.57. The molecule has 0 radical (unpaired) electrons. The van der Waals surface area contributed by atoms with Crippen LogP contribution < -0.4 is 4.74 Å². The Morgan fingerprint density at radius 2 is 2.22 bits per heavy atom. The Bertz CT molecular complexity index is 412. The van der Waals surface area contributed by atoms with E-state index in [1.54, 1.807) is 7.11 Å². The average Bonchev–Trinajstić information content (AvgIpc) is 2.33. The smallest absolute Gasteiger partial charge is 0.133 e. The molecule has 0 spiro atoms. The van der Waals surface area contributed by atoms with E-state index in [2.05, 4.69) is 35.0 Å². The van der Waals surface area contributed by atoms with Crippen LogP contribution in [0.15, 0.2) is 22.7 Å². The molecular weight excluding hydrogens is 296 g/mol. The van der Waals surface area contributed by atoms with Gasteiger partial charge in [0.2, 0.25) is 0 Å². The fourth-order valence-electron chi connectivity index (χ4n) is 2.63. The molecule has 2 rings (SSSR count). The maximum absolute atomic E-state index is 9.57. The molecule has 1 atom stereocenters. The highest BCUT2D eigenvalue weighted by Crippen LogP contribution is 2.42. The molecule has 0 bridgehead atoms. The Kier molecular flexibility index (Phi) is 4.30. The van der Waals surface area contributed by atoms with Gasteiger partial charge in [-0.05, 0) is 39.5 Å². The highest BCUT2D eigenvalue weighted by atomic mass is 79.9. The van der Waals surface area contributed by atoms with Crippen LogP contribution in [0.3, 0.4) is 0 Å². The zero-order valence-electron chi connectivity index (χ0n) is 10.8. The van der Waals surface area contributed by atoms with E-state index in [9.17, 15) is 5.11 Å². The number of aliphatic hydroxyl groups excluding tert-OH is 1. The number of rotatable bonds is 5. The Labute approximate surface area is 116 Å². The van der Waals surface area contributed by atoms with Gasteiger partial charge in [0.1, 0.15) is 5.75 Å². The maximum Gasteiger partial charge on any atom is 0.133 e. The van der Waals surface area contributed by atoms with Crippen LogP contribution in [0.2, 0.25) is 0 Å². The van der Waals surface area contributed by atoms with Gasteiger partial charge < -0.3 is 14.6 Å². The van der Waals surface area contributed by atoms with Crippen molar-refractivity contribution in [2.75, 3.05) is 26.9 Å². The van der Waals surface area contributed by atoms with Crippen LogP contribution in [-0.2, 0) is 10.2 Å². The molecule has 1 unspecified atom stereocenters. The van der Waals surface area contributed by atoms with Crippen molar-refractivity contribution in [1.82, 2.24) is 0 Å². The van der Waals surface area contributed by atoms with Gasteiger partial charge in [-0.1, -0.05) is 19.4 Å². The summed E-state index contributed by atoms with van der Waals surface area (Å²) in [5.74, 6) is 1.07. The molecule has 1 aromatic rings. The van der Waals surface area contributed by atoms with Crippen LogP contribution in [0, 0.1) is 5.92 Å². The molecule has 18 heavy (non-hydrogen) atoms. The molecule has 1 N–H and O–H groups in total. The molecule has 1 heterocycles. The minimum atomic E-state index is -0.0434. The highest BCUT2D eigenvalue weighted by molar-refractivity contribution is 9.10. The second-order valence-corrected chi connectivity index (χ2v) is 5.64. The molecule has 1 aliphatic rings. The van der Waals surface area contributed by atoms with E-state index in [0.29, 0.717) is 13.2 Å². The van der Waals surface area contributed by atoms with E-state index in [-0.39, 0.29) is 17.9 Å². The van der Waals surface area contributed by atoms with Crippen molar-refractivity contribution in [1.29, 1.82) is 0 Å². The number of benzene rings is 1. The Balaban J connectivity index is 2.35. The number of halogens is 1. The lowest BCUT2D eigenvalue weighted by molar-refractivity contribution is -0.101. The monoisotopic (exact) mass is 314 g/mol. The summed E-state index contributed by atoms with van der Waals surface area (Å²) >= 11 is 3.52. The molecule has 1 saturated heterocycles. The van der Waals surface area contributed by atoms with Crippen LogP contribution in [0.25, 0.3) is 0 Å². The van der Waals surface area contributed by atoms with Crippen molar-refractivity contribution in [2.45, 2.75) is 18.8 Å². The molecule has 0 saturated carbocycles.